The first-order chi connectivity index (χ1) is 12.6. The average Bonchev–Trinajstić information content (AvgIpc) is 2.68. The summed E-state index contributed by atoms with van der Waals surface area (Å²) in [7, 11) is 8.80. The Hall–Kier alpha value is -2.95. The highest BCUT2D eigenvalue weighted by atomic mass is 16.5. The van der Waals surface area contributed by atoms with Gasteiger partial charge in [0.15, 0.2) is 11.5 Å². The molecule has 136 valence electrons. The number of rotatable bonds is 5. The number of methoxy groups -OCH3 is 3. The SMILES string of the molecule is CN=c1cc2ccn(C)c(Cc3ccc(OC)c(OC)c3)c-2cc1OC. The number of aryl methyl sites for hydroxylation is 1. The molecular weight excluding hydrogens is 328 g/mol. The van der Waals surface area contributed by atoms with Crippen LogP contribution >= 0.6 is 0 Å². The Kier molecular flexibility index (Phi) is 5.16. The van der Waals surface area contributed by atoms with Crippen molar-refractivity contribution in [2.24, 2.45) is 12.0 Å². The third kappa shape index (κ3) is 3.25. The van der Waals surface area contributed by atoms with E-state index in [2.05, 4.69) is 47.1 Å². The van der Waals surface area contributed by atoms with Gasteiger partial charge in [0.25, 0.3) is 0 Å². The fraction of sp³-hybridized carbons (Fsp3) is 0.286. The predicted molar refractivity (Wildman–Crippen MR) is 102 cm³/mol. The highest BCUT2D eigenvalue weighted by Gasteiger charge is 2.14. The van der Waals surface area contributed by atoms with Crippen molar-refractivity contribution in [2.75, 3.05) is 28.4 Å². The quantitative estimate of drug-likeness (QED) is 0.708. The van der Waals surface area contributed by atoms with E-state index in [1.807, 2.05) is 12.1 Å². The van der Waals surface area contributed by atoms with Gasteiger partial charge < -0.3 is 18.8 Å². The van der Waals surface area contributed by atoms with Crippen molar-refractivity contribution in [2.45, 2.75) is 6.42 Å². The summed E-state index contributed by atoms with van der Waals surface area (Å²) in [6.07, 6.45) is 2.84. The van der Waals surface area contributed by atoms with E-state index in [1.54, 1.807) is 28.4 Å². The number of hydrogen-bond acceptors (Lipinski definition) is 4. The summed E-state index contributed by atoms with van der Waals surface area (Å²) in [6.45, 7) is 0. The van der Waals surface area contributed by atoms with Crippen molar-refractivity contribution in [3.05, 3.63) is 59.2 Å². The molecule has 0 aromatic heterocycles. The molecule has 1 aromatic carbocycles. The Bertz CT molecular complexity index is 960. The molecule has 1 aliphatic heterocycles. The fourth-order valence-corrected chi connectivity index (χ4v) is 3.19. The molecule has 0 radical (unpaired) electrons. The summed E-state index contributed by atoms with van der Waals surface area (Å²) < 4.78 is 18.4. The third-order valence-corrected chi connectivity index (χ3v) is 4.63. The van der Waals surface area contributed by atoms with Gasteiger partial charge in [0, 0.05) is 38.0 Å². The summed E-state index contributed by atoms with van der Waals surface area (Å²) in [5.41, 5.74) is 4.62. The first kappa shape index (κ1) is 17.9. The zero-order valence-electron chi connectivity index (χ0n) is 15.9. The predicted octanol–water partition coefficient (Wildman–Crippen LogP) is 3.28. The van der Waals surface area contributed by atoms with Crippen LogP contribution in [-0.4, -0.2) is 32.9 Å². The number of pyridine rings is 1. The van der Waals surface area contributed by atoms with Gasteiger partial charge in [0.1, 0.15) is 5.75 Å². The standard InChI is InChI=1S/C21H24N2O3/c1-22-17-12-15-8-9-23(2)18(16(15)13-20(17)25-4)10-14-6-7-19(24-3)21(11-14)26-5/h6-9,11-13H,10H2,1-5H3. The molecule has 0 saturated carbocycles. The lowest BCUT2D eigenvalue weighted by Crippen LogP contribution is -2.11. The molecule has 0 atom stereocenters. The Morgan fingerprint density at radius 1 is 0.885 bits per heavy atom. The highest BCUT2D eigenvalue weighted by molar-refractivity contribution is 5.70. The van der Waals surface area contributed by atoms with Gasteiger partial charge in [-0.2, -0.15) is 0 Å². The van der Waals surface area contributed by atoms with Crippen molar-refractivity contribution in [1.29, 1.82) is 0 Å². The van der Waals surface area contributed by atoms with Crippen LogP contribution in [0.5, 0.6) is 17.2 Å². The molecule has 0 bridgehead atoms. The number of nitrogens with zero attached hydrogens (tertiary/aromatic N) is 2. The van der Waals surface area contributed by atoms with Crippen LogP contribution in [0.4, 0.5) is 0 Å². The van der Waals surface area contributed by atoms with Crippen molar-refractivity contribution >= 4 is 0 Å². The first-order valence-electron chi connectivity index (χ1n) is 8.41. The second kappa shape index (κ2) is 7.52. The molecule has 0 fully saturated rings. The van der Waals surface area contributed by atoms with Gasteiger partial charge in [-0.25, -0.2) is 0 Å². The fourth-order valence-electron chi connectivity index (χ4n) is 3.19. The lowest BCUT2D eigenvalue weighted by molar-refractivity contribution is 0.354. The van der Waals surface area contributed by atoms with Crippen LogP contribution in [0, 0.1) is 0 Å². The van der Waals surface area contributed by atoms with E-state index in [1.165, 1.54) is 5.69 Å². The van der Waals surface area contributed by atoms with Crippen molar-refractivity contribution in [1.82, 2.24) is 4.57 Å². The zero-order chi connectivity index (χ0) is 18.7. The minimum atomic E-state index is 0.731. The van der Waals surface area contributed by atoms with Gasteiger partial charge in [0.05, 0.1) is 26.7 Å². The molecule has 0 amide bonds. The highest BCUT2D eigenvalue weighted by Crippen LogP contribution is 2.32. The van der Waals surface area contributed by atoms with E-state index in [4.69, 9.17) is 14.2 Å². The zero-order valence-corrected chi connectivity index (χ0v) is 15.9. The Balaban J connectivity index is 2.12. The lowest BCUT2D eigenvalue weighted by Gasteiger charge is -2.18. The maximum absolute atomic E-state index is 5.52. The van der Waals surface area contributed by atoms with Crippen LogP contribution in [0.1, 0.15) is 11.3 Å². The molecule has 1 aromatic rings. The van der Waals surface area contributed by atoms with Crippen molar-refractivity contribution < 1.29 is 14.2 Å². The van der Waals surface area contributed by atoms with Crippen LogP contribution in [0.25, 0.3) is 11.1 Å². The largest absolute Gasteiger partial charge is 0.494 e. The van der Waals surface area contributed by atoms with Crippen molar-refractivity contribution in [3.63, 3.8) is 0 Å². The van der Waals surface area contributed by atoms with Gasteiger partial charge in [-0.05, 0) is 41.5 Å². The minimum absolute atomic E-state index is 0.731. The molecule has 5 heteroatoms. The number of benzene rings is 2. The molecule has 1 aliphatic carbocycles. The second-order valence-electron chi connectivity index (χ2n) is 6.07. The Morgan fingerprint density at radius 2 is 1.62 bits per heavy atom. The number of fused-ring (bicyclic) bond motifs is 1. The monoisotopic (exact) mass is 352 g/mol. The maximum atomic E-state index is 5.52. The smallest absolute Gasteiger partial charge is 0.160 e. The Morgan fingerprint density at radius 3 is 2.27 bits per heavy atom. The van der Waals surface area contributed by atoms with E-state index >= 15 is 0 Å². The molecule has 1 heterocycles. The molecule has 0 spiro atoms. The maximum Gasteiger partial charge on any atom is 0.160 e. The molecule has 2 aliphatic rings. The minimum Gasteiger partial charge on any atom is -0.494 e. The number of ether oxygens (including phenoxy) is 3. The van der Waals surface area contributed by atoms with Gasteiger partial charge >= 0.3 is 0 Å². The summed E-state index contributed by atoms with van der Waals surface area (Å²) in [5, 5.41) is 0.853. The summed E-state index contributed by atoms with van der Waals surface area (Å²) >= 11 is 0. The van der Waals surface area contributed by atoms with Gasteiger partial charge in [0.2, 0.25) is 0 Å². The van der Waals surface area contributed by atoms with E-state index < -0.39 is 0 Å². The van der Waals surface area contributed by atoms with Crippen LogP contribution in [0.3, 0.4) is 0 Å². The topological polar surface area (TPSA) is 45.0 Å². The third-order valence-electron chi connectivity index (χ3n) is 4.63. The van der Waals surface area contributed by atoms with E-state index in [9.17, 15) is 0 Å². The van der Waals surface area contributed by atoms with Crippen molar-refractivity contribution in [3.8, 4) is 28.4 Å². The summed E-state index contributed by atoms with van der Waals surface area (Å²) in [5.74, 6) is 2.24. The van der Waals surface area contributed by atoms with Crippen LogP contribution < -0.4 is 19.6 Å². The molecule has 0 N–H and O–H groups in total. The number of aromatic nitrogens is 1. The van der Waals surface area contributed by atoms with Gasteiger partial charge in [-0.1, -0.05) is 6.07 Å². The average molecular weight is 352 g/mol. The van der Waals surface area contributed by atoms with Crippen LogP contribution in [0.15, 0.2) is 47.6 Å². The summed E-state index contributed by atoms with van der Waals surface area (Å²) in [6, 6.07) is 12.2. The molecule has 3 rings (SSSR count). The second-order valence-corrected chi connectivity index (χ2v) is 6.07. The normalized spacial score (nSPS) is 11.7. The molecule has 0 unspecified atom stereocenters. The first-order valence-corrected chi connectivity index (χ1v) is 8.41. The Labute approximate surface area is 153 Å². The molecule has 0 saturated heterocycles. The molecule has 26 heavy (non-hydrogen) atoms. The van der Waals surface area contributed by atoms with Crippen LogP contribution in [-0.2, 0) is 13.5 Å². The lowest BCUT2D eigenvalue weighted by atomic mass is 9.97. The summed E-state index contributed by atoms with van der Waals surface area (Å²) in [4.78, 5) is 4.31. The molecular formula is C21H24N2O3. The van der Waals surface area contributed by atoms with E-state index in [-0.39, 0.29) is 0 Å². The van der Waals surface area contributed by atoms with Crippen LogP contribution in [0.2, 0.25) is 0 Å². The van der Waals surface area contributed by atoms with E-state index in [0.717, 1.165) is 45.7 Å². The molecule has 5 nitrogen and oxygen atoms in total. The van der Waals surface area contributed by atoms with E-state index in [0.29, 0.717) is 0 Å². The van der Waals surface area contributed by atoms with Gasteiger partial charge in [-0.3, -0.25) is 4.99 Å². The number of hydrogen-bond donors (Lipinski definition) is 0. The van der Waals surface area contributed by atoms with Gasteiger partial charge in [-0.15, -0.1) is 0 Å².